The molecular weight excluding hydrogens is 208 g/mol. The molecule has 84 valence electrons. The third-order valence-corrected chi connectivity index (χ3v) is 4.12. The summed E-state index contributed by atoms with van der Waals surface area (Å²) in [5, 5.41) is 14.7. The predicted molar refractivity (Wildman–Crippen MR) is 62.1 cm³/mol. The maximum absolute atomic E-state index is 10.6. The Balaban J connectivity index is 2.22. The molecule has 2 nitrogen and oxygen atoms in total. The van der Waals surface area contributed by atoms with Crippen LogP contribution in [0, 0.1) is 0 Å². The van der Waals surface area contributed by atoms with Gasteiger partial charge in [-0.3, -0.25) is 0 Å². The van der Waals surface area contributed by atoms with Crippen molar-refractivity contribution < 1.29 is 9.84 Å². The van der Waals surface area contributed by atoms with Gasteiger partial charge in [-0.15, -0.1) is 0 Å². The maximum atomic E-state index is 10.6. The average Bonchev–Trinajstić information content (AvgIpc) is 2.71. The Hall–Kier alpha value is -0.380. The van der Waals surface area contributed by atoms with Crippen molar-refractivity contribution in [1.29, 1.82) is 0 Å². The molecule has 0 spiro atoms. The van der Waals surface area contributed by atoms with Crippen LogP contribution in [0.5, 0.6) is 0 Å². The van der Waals surface area contributed by atoms with E-state index < -0.39 is 5.60 Å². The summed E-state index contributed by atoms with van der Waals surface area (Å²) in [5.74, 6) is 0. The fraction of sp³-hybridized carbons (Fsp3) is 0.667. The van der Waals surface area contributed by atoms with Crippen LogP contribution >= 0.6 is 11.3 Å². The van der Waals surface area contributed by atoms with Crippen molar-refractivity contribution in [3.63, 3.8) is 0 Å². The van der Waals surface area contributed by atoms with Crippen molar-refractivity contribution in [2.24, 2.45) is 0 Å². The molecule has 1 saturated heterocycles. The Labute approximate surface area is 94.9 Å². The summed E-state index contributed by atoms with van der Waals surface area (Å²) >= 11 is 1.64. The van der Waals surface area contributed by atoms with Gasteiger partial charge in [0.2, 0.25) is 0 Å². The Morgan fingerprint density at radius 2 is 2.40 bits per heavy atom. The average molecular weight is 226 g/mol. The molecule has 1 aromatic heterocycles. The molecule has 1 aliphatic heterocycles. The van der Waals surface area contributed by atoms with Crippen LogP contribution in [0.1, 0.15) is 38.7 Å². The van der Waals surface area contributed by atoms with Gasteiger partial charge in [0.25, 0.3) is 0 Å². The largest absolute Gasteiger partial charge is 0.385 e. The van der Waals surface area contributed by atoms with Gasteiger partial charge in [-0.2, -0.15) is 11.3 Å². The van der Waals surface area contributed by atoms with Crippen LogP contribution in [0.4, 0.5) is 0 Å². The smallest absolute Gasteiger partial charge is 0.0953 e. The highest BCUT2D eigenvalue weighted by molar-refractivity contribution is 7.08. The Morgan fingerprint density at radius 3 is 3.00 bits per heavy atom. The number of hydrogen-bond acceptors (Lipinski definition) is 3. The van der Waals surface area contributed by atoms with Gasteiger partial charge in [-0.05, 0) is 35.7 Å². The molecular formula is C12H18O2S. The first-order valence-electron chi connectivity index (χ1n) is 5.47. The van der Waals surface area contributed by atoms with E-state index in [0.717, 1.165) is 12.0 Å². The number of ether oxygens (including phenoxy) is 1. The number of hydrogen-bond donors (Lipinski definition) is 1. The van der Waals surface area contributed by atoms with E-state index in [-0.39, 0.29) is 5.60 Å². The van der Waals surface area contributed by atoms with Gasteiger partial charge >= 0.3 is 0 Å². The van der Waals surface area contributed by atoms with Crippen molar-refractivity contribution in [3.8, 4) is 0 Å². The lowest BCUT2D eigenvalue weighted by Gasteiger charge is -2.43. The summed E-state index contributed by atoms with van der Waals surface area (Å²) in [6, 6.07) is 2.02. The highest BCUT2D eigenvalue weighted by atomic mass is 32.1. The highest BCUT2D eigenvalue weighted by Gasteiger charge is 2.42. The van der Waals surface area contributed by atoms with Gasteiger partial charge in [0.15, 0.2) is 0 Å². The second-order valence-corrected chi connectivity index (χ2v) is 5.40. The van der Waals surface area contributed by atoms with Gasteiger partial charge in [0.05, 0.1) is 17.8 Å². The molecule has 0 amide bonds. The molecule has 0 bridgehead atoms. The molecule has 0 saturated carbocycles. The Morgan fingerprint density at radius 1 is 1.60 bits per heavy atom. The summed E-state index contributed by atoms with van der Waals surface area (Å²) in [6.07, 6.45) is 2.35. The minimum atomic E-state index is -0.678. The maximum Gasteiger partial charge on any atom is 0.0953 e. The van der Waals surface area contributed by atoms with E-state index in [4.69, 9.17) is 4.74 Å². The van der Waals surface area contributed by atoms with E-state index >= 15 is 0 Å². The zero-order valence-electron chi connectivity index (χ0n) is 9.32. The van der Waals surface area contributed by atoms with Crippen molar-refractivity contribution >= 4 is 11.3 Å². The third-order valence-electron chi connectivity index (χ3n) is 3.44. The Bertz CT molecular complexity index is 322. The van der Waals surface area contributed by atoms with Gasteiger partial charge in [0.1, 0.15) is 0 Å². The zero-order chi connectivity index (χ0) is 10.9. The summed E-state index contributed by atoms with van der Waals surface area (Å²) in [5.41, 5.74) is 0.202. The lowest BCUT2D eigenvalue weighted by atomic mass is 9.78. The normalized spacial score (nSPS) is 36.7. The van der Waals surface area contributed by atoms with Crippen LogP contribution in [-0.2, 0) is 10.3 Å². The van der Waals surface area contributed by atoms with Gasteiger partial charge in [-0.1, -0.05) is 6.92 Å². The fourth-order valence-corrected chi connectivity index (χ4v) is 2.98. The first-order valence-corrected chi connectivity index (χ1v) is 6.41. The van der Waals surface area contributed by atoms with Crippen LogP contribution in [0.25, 0.3) is 0 Å². The molecule has 2 rings (SSSR count). The van der Waals surface area contributed by atoms with Crippen molar-refractivity contribution in [2.45, 2.75) is 44.3 Å². The van der Waals surface area contributed by atoms with E-state index in [9.17, 15) is 5.11 Å². The Kier molecular flexibility index (Phi) is 2.88. The summed E-state index contributed by atoms with van der Waals surface area (Å²) in [6.45, 7) is 4.85. The van der Waals surface area contributed by atoms with Crippen LogP contribution < -0.4 is 0 Å². The number of rotatable bonds is 2. The van der Waals surface area contributed by atoms with Gasteiger partial charge in [0, 0.05) is 12.8 Å². The van der Waals surface area contributed by atoms with Crippen LogP contribution in [0.3, 0.4) is 0 Å². The summed E-state index contributed by atoms with van der Waals surface area (Å²) in [7, 11) is 0. The van der Waals surface area contributed by atoms with Crippen molar-refractivity contribution in [3.05, 3.63) is 22.4 Å². The topological polar surface area (TPSA) is 29.5 Å². The third kappa shape index (κ3) is 2.10. The number of thiophene rings is 1. The predicted octanol–water partition coefficient (Wildman–Crippen LogP) is 2.91. The number of aliphatic hydroxyl groups is 1. The summed E-state index contributed by atoms with van der Waals surface area (Å²) in [4.78, 5) is 0. The van der Waals surface area contributed by atoms with Crippen molar-refractivity contribution in [1.82, 2.24) is 0 Å². The zero-order valence-corrected chi connectivity index (χ0v) is 10.1. The van der Waals surface area contributed by atoms with E-state index in [2.05, 4.69) is 13.8 Å². The molecule has 2 atom stereocenters. The van der Waals surface area contributed by atoms with E-state index in [1.807, 2.05) is 16.8 Å². The van der Waals surface area contributed by atoms with Crippen LogP contribution in [0.2, 0.25) is 0 Å². The molecule has 1 aromatic rings. The molecule has 1 aliphatic rings. The molecule has 1 fully saturated rings. The highest BCUT2D eigenvalue weighted by Crippen LogP contribution is 2.41. The van der Waals surface area contributed by atoms with Gasteiger partial charge < -0.3 is 9.84 Å². The molecule has 2 heterocycles. The SMILES string of the molecule is CCC1(C)CC(O)(c2ccsc2)CCO1. The lowest BCUT2D eigenvalue weighted by molar-refractivity contribution is -0.157. The lowest BCUT2D eigenvalue weighted by Crippen LogP contribution is -2.45. The summed E-state index contributed by atoms with van der Waals surface area (Å²) < 4.78 is 5.75. The molecule has 0 radical (unpaired) electrons. The first-order chi connectivity index (χ1) is 7.08. The first kappa shape index (κ1) is 11.1. The van der Waals surface area contributed by atoms with Gasteiger partial charge in [-0.25, -0.2) is 0 Å². The van der Waals surface area contributed by atoms with E-state index in [1.165, 1.54) is 0 Å². The molecule has 0 aliphatic carbocycles. The molecule has 15 heavy (non-hydrogen) atoms. The second kappa shape index (κ2) is 3.89. The standard InChI is InChI=1S/C12H18O2S/c1-3-11(2)9-12(13,5-6-14-11)10-4-7-15-8-10/h4,7-8,13H,3,5-6,9H2,1-2H3. The van der Waals surface area contributed by atoms with E-state index in [1.54, 1.807) is 11.3 Å². The minimum absolute atomic E-state index is 0.172. The molecule has 1 N–H and O–H groups in total. The van der Waals surface area contributed by atoms with Crippen molar-refractivity contribution in [2.75, 3.05) is 6.61 Å². The minimum Gasteiger partial charge on any atom is -0.385 e. The molecule has 0 aromatic carbocycles. The molecule has 3 heteroatoms. The second-order valence-electron chi connectivity index (χ2n) is 4.62. The van der Waals surface area contributed by atoms with Crippen LogP contribution in [-0.4, -0.2) is 17.3 Å². The fourth-order valence-electron chi connectivity index (χ4n) is 2.23. The quantitative estimate of drug-likeness (QED) is 0.840. The monoisotopic (exact) mass is 226 g/mol. The van der Waals surface area contributed by atoms with E-state index in [0.29, 0.717) is 19.4 Å². The van der Waals surface area contributed by atoms with Crippen LogP contribution in [0.15, 0.2) is 16.8 Å². The molecule has 2 unspecified atom stereocenters.